The molecule has 0 atom stereocenters. The summed E-state index contributed by atoms with van der Waals surface area (Å²) in [5.41, 5.74) is 1.28. The second-order valence-corrected chi connectivity index (χ2v) is 7.26. The molecule has 120 valence electrons. The minimum absolute atomic E-state index is 0.690. The van der Waals surface area contributed by atoms with Gasteiger partial charge in [-0.15, -0.1) is 11.3 Å². The fourth-order valence-corrected chi connectivity index (χ4v) is 4.42. The number of nitrogens with one attached hydrogen (secondary N) is 1. The van der Waals surface area contributed by atoms with Gasteiger partial charge in [-0.1, -0.05) is 27.2 Å². The van der Waals surface area contributed by atoms with Crippen molar-refractivity contribution < 1.29 is 0 Å². The SMILES string of the molecule is CCNCc1sc(N(C)C2CCC(CC)CC2)nc1CC. The second kappa shape index (κ2) is 8.14. The third-order valence-electron chi connectivity index (χ3n) is 4.88. The van der Waals surface area contributed by atoms with Crippen molar-refractivity contribution in [2.75, 3.05) is 18.5 Å². The lowest BCUT2D eigenvalue weighted by molar-refractivity contribution is 0.313. The number of rotatable bonds is 7. The average molecular weight is 310 g/mol. The summed E-state index contributed by atoms with van der Waals surface area (Å²) in [7, 11) is 2.24. The number of hydrogen-bond donors (Lipinski definition) is 1. The largest absolute Gasteiger partial charge is 0.348 e. The van der Waals surface area contributed by atoms with Crippen molar-refractivity contribution in [2.24, 2.45) is 5.92 Å². The van der Waals surface area contributed by atoms with Crippen LogP contribution in [0.4, 0.5) is 5.13 Å². The summed E-state index contributed by atoms with van der Waals surface area (Å²) in [4.78, 5) is 8.77. The highest BCUT2D eigenvalue weighted by Crippen LogP contribution is 2.34. The summed E-state index contributed by atoms with van der Waals surface area (Å²) in [6.45, 7) is 8.68. The van der Waals surface area contributed by atoms with Gasteiger partial charge in [-0.25, -0.2) is 4.98 Å². The minimum Gasteiger partial charge on any atom is -0.348 e. The molecule has 4 heteroatoms. The van der Waals surface area contributed by atoms with Gasteiger partial charge in [0.05, 0.1) is 5.69 Å². The van der Waals surface area contributed by atoms with E-state index in [0.717, 1.165) is 25.4 Å². The predicted molar refractivity (Wildman–Crippen MR) is 93.3 cm³/mol. The van der Waals surface area contributed by atoms with Crippen LogP contribution in [0.25, 0.3) is 0 Å². The summed E-state index contributed by atoms with van der Waals surface area (Å²) >= 11 is 1.88. The van der Waals surface area contributed by atoms with E-state index in [-0.39, 0.29) is 0 Å². The van der Waals surface area contributed by atoms with Crippen molar-refractivity contribution in [3.8, 4) is 0 Å². The van der Waals surface area contributed by atoms with Crippen LogP contribution in [0.3, 0.4) is 0 Å². The molecule has 0 spiro atoms. The minimum atomic E-state index is 0.690. The fourth-order valence-electron chi connectivity index (χ4n) is 3.27. The molecule has 1 aromatic heterocycles. The molecule has 1 saturated carbocycles. The summed E-state index contributed by atoms with van der Waals surface area (Å²) in [6.07, 6.45) is 7.83. The smallest absolute Gasteiger partial charge is 0.185 e. The molecule has 1 N–H and O–H groups in total. The fraction of sp³-hybridized carbons (Fsp3) is 0.824. The lowest BCUT2D eigenvalue weighted by Crippen LogP contribution is -2.35. The van der Waals surface area contributed by atoms with Gasteiger partial charge in [-0.3, -0.25) is 0 Å². The molecule has 2 rings (SSSR count). The molecule has 1 aliphatic carbocycles. The highest BCUT2D eigenvalue weighted by molar-refractivity contribution is 7.15. The maximum atomic E-state index is 4.90. The van der Waals surface area contributed by atoms with Crippen LogP contribution in [0.15, 0.2) is 0 Å². The second-order valence-electron chi connectivity index (χ2n) is 6.19. The summed E-state index contributed by atoms with van der Waals surface area (Å²) in [5, 5.41) is 4.66. The third kappa shape index (κ3) is 4.19. The van der Waals surface area contributed by atoms with Gasteiger partial charge in [0, 0.05) is 24.5 Å². The number of thiazole rings is 1. The molecule has 1 aromatic rings. The number of anilines is 1. The van der Waals surface area contributed by atoms with E-state index in [1.165, 1.54) is 47.8 Å². The lowest BCUT2D eigenvalue weighted by atomic mass is 9.84. The number of hydrogen-bond acceptors (Lipinski definition) is 4. The van der Waals surface area contributed by atoms with Crippen LogP contribution < -0.4 is 10.2 Å². The van der Waals surface area contributed by atoms with Gasteiger partial charge in [0.25, 0.3) is 0 Å². The Labute approximate surface area is 134 Å². The van der Waals surface area contributed by atoms with Crippen molar-refractivity contribution in [3.63, 3.8) is 0 Å². The molecule has 21 heavy (non-hydrogen) atoms. The summed E-state index contributed by atoms with van der Waals surface area (Å²) in [6, 6.07) is 0.690. The molecule has 1 aliphatic rings. The predicted octanol–water partition coefficient (Wildman–Crippen LogP) is 4.22. The number of aryl methyl sites for hydroxylation is 1. The third-order valence-corrected chi connectivity index (χ3v) is 6.07. The van der Waals surface area contributed by atoms with E-state index >= 15 is 0 Å². The zero-order valence-corrected chi connectivity index (χ0v) is 14.9. The van der Waals surface area contributed by atoms with Crippen LogP contribution in [0.1, 0.15) is 63.4 Å². The van der Waals surface area contributed by atoms with Gasteiger partial charge in [0.2, 0.25) is 0 Å². The summed E-state index contributed by atoms with van der Waals surface area (Å²) < 4.78 is 0. The Bertz CT molecular complexity index is 422. The molecule has 0 amide bonds. The molecular weight excluding hydrogens is 278 g/mol. The highest BCUT2D eigenvalue weighted by Gasteiger charge is 2.25. The van der Waals surface area contributed by atoms with Crippen LogP contribution in [0.5, 0.6) is 0 Å². The first-order chi connectivity index (χ1) is 10.2. The standard InChI is InChI=1S/C17H31N3S/c1-5-13-8-10-14(11-9-13)20(4)17-19-15(6-2)16(21-17)12-18-7-3/h13-14,18H,5-12H2,1-4H3. The van der Waals surface area contributed by atoms with E-state index in [2.05, 4.69) is 38.0 Å². The zero-order chi connectivity index (χ0) is 15.2. The van der Waals surface area contributed by atoms with Gasteiger partial charge in [0.1, 0.15) is 0 Å². The van der Waals surface area contributed by atoms with Crippen LogP contribution in [0, 0.1) is 5.92 Å². The molecule has 0 bridgehead atoms. The molecule has 0 unspecified atom stereocenters. The van der Waals surface area contributed by atoms with Crippen LogP contribution in [-0.4, -0.2) is 24.6 Å². The van der Waals surface area contributed by atoms with Crippen LogP contribution >= 0.6 is 11.3 Å². The number of aromatic nitrogens is 1. The highest BCUT2D eigenvalue weighted by atomic mass is 32.1. The molecule has 0 aliphatic heterocycles. The first-order valence-corrected chi connectivity index (χ1v) is 9.43. The average Bonchev–Trinajstić information content (AvgIpc) is 2.95. The topological polar surface area (TPSA) is 28.2 Å². The van der Waals surface area contributed by atoms with E-state index in [4.69, 9.17) is 4.98 Å². The van der Waals surface area contributed by atoms with Crippen molar-refractivity contribution in [2.45, 2.75) is 71.9 Å². The van der Waals surface area contributed by atoms with Crippen molar-refractivity contribution >= 4 is 16.5 Å². The van der Waals surface area contributed by atoms with Gasteiger partial charge < -0.3 is 10.2 Å². The molecule has 1 fully saturated rings. The Kier molecular flexibility index (Phi) is 6.49. The number of nitrogens with zero attached hydrogens (tertiary/aromatic N) is 2. The molecule has 3 nitrogen and oxygen atoms in total. The van der Waals surface area contributed by atoms with Gasteiger partial charge in [-0.05, 0) is 44.6 Å². The van der Waals surface area contributed by atoms with Gasteiger partial charge >= 0.3 is 0 Å². The van der Waals surface area contributed by atoms with Crippen LogP contribution in [0.2, 0.25) is 0 Å². The normalized spacial score (nSPS) is 22.5. The van der Waals surface area contributed by atoms with E-state index < -0.39 is 0 Å². The van der Waals surface area contributed by atoms with E-state index in [1.54, 1.807) is 0 Å². The molecule has 0 radical (unpaired) electrons. The van der Waals surface area contributed by atoms with E-state index in [9.17, 15) is 0 Å². The van der Waals surface area contributed by atoms with E-state index in [1.807, 2.05) is 11.3 Å². The Hall–Kier alpha value is -0.610. The molecular formula is C17H31N3S. The lowest BCUT2D eigenvalue weighted by Gasteiger charge is -2.34. The van der Waals surface area contributed by atoms with Gasteiger partial charge in [-0.2, -0.15) is 0 Å². The van der Waals surface area contributed by atoms with Crippen molar-refractivity contribution in [3.05, 3.63) is 10.6 Å². The maximum absolute atomic E-state index is 4.90. The van der Waals surface area contributed by atoms with Crippen LogP contribution in [-0.2, 0) is 13.0 Å². The van der Waals surface area contributed by atoms with Crippen molar-refractivity contribution in [1.29, 1.82) is 0 Å². The van der Waals surface area contributed by atoms with E-state index in [0.29, 0.717) is 6.04 Å². The van der Waals surface area contributed by atoms with Gasteiger partial charge in [0.15, 0.2) is 5.13 Å². The quantitative estimate of drug-likeness (QED) is 0.817. The zero-order valence-electron chi connectivity index (χ0n) is 14.1. The Morgan fingerprint density at radius 2 is 1.90 bits per heavy atom. The summed E-state index contributed by atoms with van der Waals surface area (Å²) in [5.74, 6) is 0.960. The van der Waals surface area contributed by atoms with Crippen molar-refractivity contribution in [1.82, 2.24) is 10.3 Å². The maximum Gasteiger partial charge on any atom is 0.185 e. The molecule has 0 aromatic carbocycles. The Balaban J connectivity index is 2.01. The Morgan fingerprint density at radius 3 is 2.48 bits per heavy atom. The first-order valence-electron chi connectivity index (χ1n) is 8.61. The Morgan fingerprint density at radius 1 is 1.19 bits per heavy atom. The monoisotopic (exact) mass is 309 g/mol. The first kappa shape index (κ1) is 16.8. The molecule has 0 saturated heterocycles. The molecule has 1 heterocycles.